The van der Waals surface area contributed by atoms with Crippen molar-refractivity contribution in [3.05, 3.63) is 52.8 Å². The number of methoxy groups -OCH3 is 1. The number of nitrogens with zero attached hydrogens (tertiary/aromatic N) is 5. The van der Waals surface area contributed by atoms with Gasteiger partial charge in [0.1, 0.15) is 28.5 Å². The van der Waals surface area contributed by atoms with Crippen molar-refractivity contribution < 1.29 is 9.53 Å². The molecule has 0 atom stereocenters. The van der Waals surface area contributed by atoms with Crippen molar-refractivity contribution in [1.29, 1.82) is 0 Å². The number of piperidine rings is 1. The molecule has 0 spiro atoms. The molecule has 1 aromatic carbocycles. The largest absolute Gasteiger partial charge is 0.480 e. The Morgan fingerprint density at radius 1 is 1.00 bits per heavy atom. The predicted octanol–water partition coefficient (Wildman–Crippen LogP) is 2.56. The number of ketones is 1. The van der Waals surface area contributed by atoms with Crippen LogP contribution in [0, 0.1) is 0 Å². The molecule has 4 aromatic rings. The van der Waals surface area contributed by atoms with Gasteiger partial charge in [0.05, 0.1) is 12.7 Å². The number of fused-ring (bicyclic) bond motifs is 1. The van der Waals surface area contributed by atoms with Crippen LogP contribution in [0.1, 0.15) is 12.8 Å². The summed E-state index contributed by atoms with van der Waals surface area (Å²) in [5.74, 6) is 1.71. The average molecular weight is 430 g/mol. The summed E-state index contributed by atoms with van der Waals surface area (Å²) in [6.45, 7) is 1.26. The number of anilines is 1. The fourth-order valence-electron chi connectivity index (χ4n) is 4.01. The Morgan fingerprint density at radius 2 is 1.75 bits per heavy atom. The molecule has 4 heterocycles. The normalized spacial score (nSPS) is 14.2. The number of aryl methyl sites for hydroxylation is 1. The fourth-order valence-corrected chi connectivity index (χ4v) is 4.01. The Balaban J connectivity index is 1.58. The summed E-state index contributed by atoms with van der Waals surface area (Å²) in [5.41, 5.74) is 2.21. The number of nitrogens with one attached hydrogen (secondary N) is 1. The third-order valence-electron chi connectivity index (χ3n) is 5.68. The van der Waals surface area contributed by atoms with Crippen LogP contribution in [-0.4, -0.2) is 50.7 Å². The second kappa shape index (κ2) is 7.92. The maximum Gasteiger partial charge on any atom is 0.262 e. The van der Waals surface area contributed by atoms with Crippen LogP contribution < -0.4 is 15.2 Å². The highest BCUT2D eigenvalue weighted by Gasteiger charge is 2.22. The SMILES string of the molecule is COc1nc(N2CCC(=O)CC2)ccc1-c1nc2c(c(-c3ccccc3)nn2C)c(=O)[nH]1. The highest BCUT2D eigenvalue weighted by molar-refractivity contribution is 5.91. The van der Waals surface area contributed by atoms with Gasteiger partial charge < -0.3 is 14.6 Å². The van der Waals surface area contributed by atoms with E-state index in [2.05, 4.69) is 25.0 Å². The van der Waals surface area contributed by atoms with Crippen molar-refractivity contribution in [1.82, 2.24) is 24.7 Å². The highest BCUT2D eigenvalue weighted by atomic mass is 16.5. The minimum absolute atomic E-state index is 0.269. The van der Waals surface area contributed by atoms with Gasteiger partial charge in [0.2, 0.25) is 5.88 Å². The number of ether oxygens (including phenoxy) is 1. The molecule has 1 aliphatic heterocycles. The number of H-pyrrole nitrogens is 1. The van der Waals surface area contributed by atoms with Crippen molar-refractivity contribution in [2.45, 2.75) is 12.8 Å². The van der Waals surface area contributed by atoms with Crippen LogP contribution in [0.3, 0.4) is 0 Å². The molecule has 9 heteroatoms. The van der Waals surface area contributed by atoms with Gasteiger partial charge in [0.15, 0.2) is 5.65 Å². The van der Waals surface area contributed by atoms with Crippen molar-refractivity contribution in [3.8, 4) is 28.5 Å². The van der Waals surface area contributed by atoms with E-state index in [1.807, 2.05) is 42.5 Å². The lowest BCUT2D eigenvalue weighted by atomic mass is 10.1. The Kier molecular flexibility index (Phi) is 4.93. The van der Waals surface area contributed by atoms with E-state index in [0.717, 1.165) is 11.4 Å². The number of aromatic nitrogens is 5. The van der Waals surface area contributed by atoms with Gasteiger partial charge in [-0.25, -0.2) is 9.67 Å². The summed E-state index contributed by atoms with van der Waals surface area (Å²) in [6, 6.07) is 13.2. The molecule has 3 aromatic heterocycles. The van der Waals surface area contributed by atoms with Gasteiger partial charge in [-0.1, -0.05) is 30.3 Å². The standard InChI is InChI=1S/C23H22N6O3/c1-28-21-18(19(27-28)14-6-4-3-5-7-14)22(31)26-20(25-21)16-8-9-17(24-23(16)32-2)29-12-10-15(30)11-13-29/h3-9H,10-13H2,1-2H3,(H,25,26,31). The molecule has 0 radical (unpaired) electrons. The third kappa shape index (κ3) is 3.41. The first-order valence-electron chi connectivity index (χ1n) is 10.4. The minimum Gasteiger partial charge on any atom is -0.480 e. The molecule has 0 amide bonds. The molecule has 1 N–H and O–H groups in total. The number of pyridine rings is 1. The molecule has 1 aliphatic rings. The van der Waals surface area contributed by atoms with Crippen LogP contribution in [0.5, 0.6) is 5.88 Å². The second-order valence-corrected chi connectivity index (χ2v) is 7.70. The zero-order valence-electron chi connectivity index (χ0n) is 17.8. The molecule has 9 nitrogen and oxygen atoms in total. The van der Waals surface area contributed by atoms with E-state index in [0.29, 0.717) is 59.9 Å². The number of hydrogen-bond acceptors (Lipinski definition) is 7. The Bertz CT molecular complexity index is 1370. The summed E-state index contributed by atoms with van der Waals surface area (Å²) in [7, 11) is 3.30. The van der Waals surface area contributed by atoms with Crippen LogP contribution in [0.2, 0.25) is 0 Å². The maximum absolute atomic E-state index is 13.1. The first-order valence-corrected chi connectivity index (χ1v) is 10.4. The summed E-state index contributed by atoms with van der Waals surface area (Å²) >= 11 is 0. The van der Waals surface area contributed by atoms with Crippen molar-refractivity contribution >= 4 is 22.6 Å². The van der Waals surface area contributed by atoms with Gasteiger partial charge in [-0.15, -0.1) is 0 Å². The minimum atomic E-state index is -0.280. The van der Waals surface area contributed by atoms with Gasteiger partial charge in [-0.3, -0.25) is 9.59 Å². The average Bonchev–Trinajstić information content (AvgIpc) is 3.16. The first kappa shape index (κ1) is 19.9. The summed E-state index contributed by atoms with van der Waals surface area (Å²) in [6.07, 6.45) is 1.03. The van der Waals surface area contributed by atoms with Gasteiger partial charge in [0.25, 0.3) is 5.56 Å². The Morgan fingerprint density at radius 3 is 2.47 bits per heavy atom. The number of aromatic amines is 1. The molecule has 0 saturated carbocycles. The number of rotatable bonds is 4. The van der Waals surface area contributed by atoms with E-state index < -0.39 is 0 Å². The van der Waals surface area contributed by atoms with E-state index in [1.54, 1.807) is 11.7 Å². The lowest BCUT2D eigenvalue weighted by Crippen LogP contribution is -2.34. The van der Waals surface area contributed by atoms with Crippen molar-refractivity contribution in [2.75, 3.05) is 25.1 Å². The highest BCUT2D eigenvalue weighted by Crippen LogP contribution is 2.30. The van der Waals surface area contributed by atoms with Crippen LogP contribution in [0.15, 0.2) is 47.3 Å². The van der Waals surface area contributed by atoms with Gasteiger partial charge >= 0.3 is 0 Å². The monoisotopic (exact) mass is 430 g/mol. The topological polar surface area (TPSA) is 106 Å². The smallest absolute Gasteiger partial charge is 0.262 e. The molecule has 1 fully saturated rings. The molecule has 0 aliphatic carbocycles. The third-order valence-corrected chi connectivity index (χ3v) is 5.68. The van der Waals surface area contributed by atoms with E-state index in [4.69, 9.17) is 4.74 Å². The van der Waals surface area contributed by atoms with Crippen LogP contribution in [0.25, 0.3) is 33.7 Å². The number of hydrogen-bond donors (Lipinski definition) is 1. The fraction of sp³-hybridized carbons (Fsp3) is 0.261. The van der Waals surface area contributed by atoms with Gasteiger partial charge in [0, 0.05) is 38.5 Å². The predicted molar refractivity (Wildman–Crippen MR) is 121 cm³/mol. The molecule has 0 bridgehead atoms. The van der Waals surface area contributed by atoms with E-state index in [1.165, 1.54) is 7.11 Å². The number of carbonyl (C=O) groups is 1. The Labute approximate surface area is 183 Å². The molecular formula is C23H22N6O3. The van der Waals surface area contributed by atoms with Crippen LogP contribution in [0.4, 0.5) is 5.82 Å². The van der Waals surface area contributed by atoms with Gasteiger partial charge in [-0.05, 0) is 12.1 Å². The summed E-state index contributed by atoms with van der Waals surface area (Å²) in [4.78, 5) is 38.8. The first-order chi connectivity index (χ1) is 15.5. The molecule has 0 unspecified atom stereocenters. The number of carbonyl (C=O) groups excluding carboxylic acids is 1. The molecule has 162 valence electrons. The van der Waals surface area contributed by atoms with Crippen molar-refractivity contribution in [2.24, 2.45) is 7.05 Å². The summed E-state index contributed by atoms with van der Waals surface area (Å²) < 4.78 is 7.13. The number of Topliss-reactive ketones (excluding diaryl/α,β-unsaturated/α-hetero) is 1. The number of benzene rings is 1. The van der Waals surface area contributed by atoms with E-state index >= 15 is 0 Å². The Hall–Kier alpha value is -4.01. The van der Waals surface area contributed by atoms with Crippen LogP contribution in [-0.2, 0) is 11.8 Å². The zero-order chi connectivity index (χ0) is 22.2. The van der Waals surface area contributed by atoms with Crippen molar-refractivity contribution in [3.63, 3.8) is 0 Å². The van der Waals surface area contributed by atoms with Gasteiger partial charge in [-0.2, -0.15) is 10.1 Å². The van der Waals surface area contributed by atoms with E-state index in [-0.39, 0.29) is 11.3 Å². The summed E-state index contributed by atoms with van der Waals surface area (Å²) in [5, 5.41) is 4.97. The maximum atomic E-state index is 13.1. The molecule has 32 heavy (non-hydrogen) atoms. The zero-order valence-corrected chi connectivity index (χ0v) is 17.8. The van der Waals surface area contributed by atoms with Crippen LogP contribution >= 0.6 is 0 Å². The molecular weight excluding hydrogens is 408 g/mol. The second-order valence-electron chi connectivity index (χ2n) is 7.70. The molecule has 1 saturated heterocycles. The van der Waals surface area contributed by atoms with E-state index in [9.17, 15) is 9.59 Å². The lowest BCUT2D eigenvalue weighted by Gasteiger charge is -2.27. The lowest BCUT2D eigenvalue weighted by molar-refractivity contribution is -0.119. The molecule has 5 rings (SSSR count). The quantitative estimate of drug-likeness (QED) is 0.530.